The average molecular weight is 226 g/mol. The van der Waals surface area contributed by atoms with Gasteiger partial charge in [0.15, 0.2) is 0 Å². The Balaban J connectivity index is 2.24. The second-order valence-corrected chi connectivity index (χ2v) is 4.34. The van der Waals surface area contributed by atoms with Crippen LogP contribution in [0.5, 0.6) is 5.75 Å². The summed E-state index contributed by atoms with van der Waals surface area (Å²) in [6.07, 6.45) is 2.43. The molecule has 1 atom stereocenters. The number of rotatable bonds is 2. The van der Waals surface area contributed by atoms with Crippen LogP contribution in [0.4, 0.5) is 0 Å². The summed E-state index contributed by atoms with van der Waals surface area (Å²) in [7, 11) is 1.69. The van der Waals surface area contributed by atoms with Gasteiger partial charge in [-0.3, -0.25) is 0 Å². The van der Waals surface area contributed by atoms with Crippen LogP contribution in [-0.4, -0.2) is 20.2 Å². The first-order valence-corrected chi connectivity index (χ1v) is 5.73. The van der Waals surface area contributed by atoms with Crippen molar-refractivity contribution in [2.45, 2.75) is 18.8 Å². The predicted octanol–water partition coefficient (Wildman–Crippen LogP) is 2.82. The van der Waals surface area contributed by atoms with Gasteiger partial charge in [0.05, 0.1) is 7.11 Å². The van der Waals surface area contributed by atoms with Crippen LogP contribution in [0.1, 0.15) is 24.3 Å². The lowest BCUT2D eigenvalue weighted by Crippen LogP contribution is -2.28. The second kappa shape index (κ2) is 4.86. The number of nitrogens with one attached hydrogen (secondary N) is 1. The smallest absolute Gasteiger partial charge is 0.119 e. The summed E-state index contributed by atoms with van der Waals surface area (Å²) < 4.78 is 5.22. The Kier molecular flexibility index (Phi) is 3.49. The van der Waals surface area contributed by atoms with E-state index in [9.17, 15) is 0 Å². The summed E-state index contributed by atoms with van der Waals surface area (Å²) in [6.45, 7) is 2.14. The van der Waals surface area contributed by atoms with E-state index in [2.05, 4.69) is 11.4 Å². The number of piperidine rings is 1. The minimum atomic E-state index is 0.529. The molecular formula is C12H16ClNO. The Morgan fingerprint density at radius 3 is 3.00 bits per heavy atom. The highest BCUT2D eigenvalue weighted by atomic mass is 35.5. The lowest BCUT2D eigenvalue weighted by Gasteiger charge is -2.24. The maximum atomic E-state index is 6.20. The Hall–Kier alpha value is -0.730. The fourth-order valence-corrected chi connectivity index (χ4v) is 2.35. The van der Waals surface area contributed by atoms with Crippen molar-refractivity contribution >= 4 is 11.6 Å². The van der Waals surface area contributed by atoms with Crippen molar-refractivity contribution < 1.29 is 4.74 Å². The number of hydrogen-bond donors (Lipinski definition) is 1. The quantitative estimate of drug-likeness (QED) is 0.836. The third-order valence-electron chi connectivity index (χ3n) is 2.94. The molecule has 1 N–H and O–H groups in total. The highest BCUT2D eigenvalue weighted by Crippen LogP contribution is 2.32. The maximum Gasteiger partial charge on any atom is 0.119 e. The number of halogens is 1. The molecule has 0 bridgehead atoms. The van der Waals surface area contributed by atoms with Gasteiger partial charge in [0.25, 0.3) is 0 Å². The molecule has 1 saturated heterocycles. The zero-order valence-electron chi connectivity index (χ0n) is 8.92. The standard InChI is InChI=1S/C12H16ClNO/c1-15-10-4-5-12(13)11(7-10)9-3-2-6-14-8-9/h4-5,7,9,14H,2-3,6,8H2,1H3/t9-/m1/s1. The molecule has 2 nitrogen and oxygen atoms in total. The number of benzene rings is 1. The van der Waals surface area contributed by atoms with Crippen LogP contribution in [0.25, 0.3) is 0 Å². The fourth-order valence-electron chi connectivity index (χ4n) is 2.08. The fraction of sp³-hybridized carbons (Fsp3) is 0.500. The summed E-state index contributed by atoms with van der Waals surface area (Å²) in [6, 6.07) is 5.88. The minimum absolute atomic E-state index is 0.529. The van der Waals surface area contributed by atoms with Gasteiger partial charge in [0.2, 0.25) is 0 Å². The van der Waals surface area contributed by atoms with Crippen LogP contribution in [0.15, 0.2) is 18.2 Å². The van der Waals surface area contributed by atoms with Gasteiger partial charge in [-0.15, -0.1) is 0 Å². The van der Waals surface area contributed by atoms with E-state index in [1.54, 1.807) is 7.11 Å². The molecule has 1 heterocycles. The Morgan fingerprint density at radius 2 is 2.33 bits per heavy atom. The largest absolute Gasteiger partial charge is 0.497 e. The summed E-state index contributed by atoms with van der Waals surface area (Å²) in [5.74, 6) is 1.42. The second-order valence-electron chi connectivity index (χ2n) is 3.93. The molecule has 1 aliphatic heterocycles. The molecule has 1 aromatic carbocycles. The third kappa shape index (κ3) is 2.44. The van der Waals surface area contributed by atoms with Crippen molar-refractivity contribution in [2.24, 2.45) is 0 Å². The van der Waals surface area contributed by atoms with Gasteiger partial charge in [0, 0.05) is 11.6 Å². The van der Waals surface area contributed by atoms with Gasteiger partial charge in [0.1, 0.15) is 5.75 Å². The normalized spacial score (nSPS) is 21.3. The molecular weight excluding hydrogens is 210 g/mol. The molecule has 15 heavy (non-hydrogen) atoms. The van der Waals surface area contributed by atoms with E-state index < -0.39 is 0 Å². The number of methoxy groups -OCH3 is 1. The maximum absolute atomic E-state index is 6.20. The molecule has 0 aliphatic carbocycles. The number of ether oxygens (including phenoxy) is 1. The van der Waals surface area contributed by atoms with Crippen molar-refractivity contribution in [1.82, 2.24) is 5.32 Å². The Morgan fingerprint density at radius 1 is 1.47 bits per heavy atom. The molecule has 2 rings (SSSR count). The van der Waals surface area contributed by atoms with Gasteiger partial charge >= 0.3 is 0 Å². The van der Waals surface area contributed by atoms with Crippen LogP contribution in [0, 0.1) is 0 Å². The minimum Gasteiger partial charge on any atom is -0.497 e. The molecule has 1 aliphatic rings. The van der Waals surface area contributed by atoms with E-state index in [0.717, 1.165) is 23.9 Å². The first kappa shape index (κ1) is 10.8. The van der Waals surface area contributed by atoms with E-state index in [-0.39, 0.29) is 0 Å². The Labute approximate surface area is 95.6 Å². The summed E-state index contributed by atoms with van der Waals surface area (Å²) in [5.41, 5.74) is 1.21. The lowest BCUT2D eigenvalue weighted by molar-refractivity contribution is 0.411. The van der Waals surface area contributed by atoms with Crippen LogP contribution < -0.4 is 10.1 Å². The molecule has 0 saturated carbocycles. The predicted molar refractivity (Wildman–Crippen MR) is 62.8 cm³/mol. The average Bonchev–Trinajstić information content (AvgIpc) is 2.31. The molecule has 82 valence electrons. The zero-order valence-corrected chi connectivity index (χ0v) is 9.68. The third-order valence-corrected chi connectivity index (χ3v) is 3.28. The summed E-state index contributed by atoms with van der Waals surface area (Å²) in [5, 5.41) is 4.25. The van der Waals surface area contributed by atoms with Crippen molar-refractivity contribution in [3.05, 3.63) is 28.8 Å². The van der Waals surface area contributed by atoms with E-state index in [1.807, 2.05) is 12.1 Å². The van der Waals surface area contributed by atoms with Crippen LogP contribution in [0.2, 0.25) is 5.02 Å². The van der Waals surface area contributed by atoms with Crippen molar-refractivity contribution in [1.29, 1.82) is 0 Å². The van der Waals surface area contributed by atoms with E-state index >= 15 is 0 Å². The molecule has 1 aromatic rings. The first-order chi connectivity index (χ1) is 7.31. The molecule has 3 heteroatoms. The Bertz CT molecular complexity index is 334. The highest BCUT2D eigenvalue weighted by Gasteiger charge is 2.18. The van der Waals surface area contributed by atoms with Crippen LogP contribution in [-0.2, 0) is 0 Å². The molecule has 0 spiro atoms. The molecule has 0 amide bonds. The van der Waals surface area contributed by atoms with E-state index in [1.165, 1.54) is 18.4 Å². The topological polar surface area (TPSA) is 21.3 Å². The van der Waals surface area contributed by atoms with Crippen molar-refractivity contribution in [3.8, 4) is 5.75 Å². The monoisotopic (exact) mass is 225 g/mol. The van der Waals surface area contributed by atoms with Crippen LogP contribution in [0.3, 0.4) is 0 Å². The molecule has 0 aromatic heterocycles. The summed E-state index contributed by atoms with van der Waals surface area (Å²) in [4.78, 5) is 0. The molecule has 0 radical (unpaired) electrons. The van der Waals surface area contributed by atoms with Gasteiger partial charge in [-0.1, -0.05) is 11.6 Å². The summed E-state index contributed by atoms with van der Waals surface area (Å²) >= 11 is 6.20. The SMILES string of the molecule is COc1ccc(Cl)c([C@@H]2CCCNC2)c1. The van der Waals surface area contributed by atoms with Crippen LogP contribution >= 0.6 is 11.6 Å². The highest BCUT2D eigenvalue weighted by molar-refractivity contribution is 6.31. The van der Waals surface area contributed by atoms with E-state index in [0.29, 0.717) is 5.92 Å². The van der Waals surface area contributed by atoms with Crippen molar-refractivity contribution in [3.63, 3.8) is 0 Å². The first-order valence-electron chi connectivity index (χ1n) is 5.35. The molecule has 0 unspecified atom stereocenters. The lowest BCUT2D eigenvalue weighted by atomic mass is 9.91. The van der Waals surface area contributed by atoms with Gasteiger partial charge in [-0.25, -0.2) is 0 Å². The van der Waals surface area contributed by atoms with E-state index in [4.69, 9.17) is 16.3 Å². The van der Waals surface area contributed by atoms with Gasteiger partial charge in [-0.05, 0) is 49.1 Å². The van der Waals surface area contributed by atoms with Gasteiger partial charge in [-0.2, -0.15) is 0 Å². The number of hydrogen-bond acceptors (Lipinski definition) is 2. The molecule has 1 fully saturated rings. The van der Waals surface area contributed by atoms with Gasteiger partial charge < -0.3 is 10.1 Å². The zero-order chi connectivity index (χ0) is 10.7. The van der Waals surface area contributed by atoms with Crippen molar-refractivity contribution in [2.75, 3.05) is 20.2 Å².